The van der Waals surface area contributed by atoms with Crippen molar-refractivity contribution in [3.8, 4) is 0 Å². The second-order valence-corrected chi connectivity index (χ2v) is 5.26. The molecule has 0 aromatic heterocycles. The molecule has 0 aromatic rings. The number of nitrogens with two attached hydrogens (primary N) is 1. The van der Waals surface area contributed by atoms with Gasteiger partial charge in [-0.25, -0.2) is 0 Å². The van der Waals surface area contributed by atoms with E-state index in [4.69, 9.17) is 10.8 Å². The van der Waals surface area contributed by atoms with Crippen LogP contribution in [-0.2, 0) is 4.79 Å². The van der Waals surface area contributed by atoms with Crippen LogP contribution in [0.2, 0.25) is 0 Å². The van der Waals surface area contributed by atoms with Gasteiger partial charge in [-0.1, -0.05) is 19.3 Å². The molecule has 4 heteroatoms. The zero-order valence-corrected chi connectivity index (χ0v) is 11.1. The molecule has 1 aliphatic carbocycles. The van der Waals surface area contributed by atoms with Crippen LogP contribution in [-0.4, -0.2) is 41.1 Å². The number of hydrogen-bond acceptors (Lipinski definition) is 3. The lowest BCUT2D eigenvalue weighted by molar-refractivity contribution is -0.138. The van der Waals surface area contributed by atoms with E-state index >= 15 is 0 Å². The first kappa shape index (κ1) is 14.5. The van der Waals surface area contributed by atoms with Crippen molar-refractivity contribution in [2.45, 2.75) is 58.0 Å². The van der Waals surface area contributed by atoms with E-state index in [1.165, 1.54) is 6.42 Å². The predicted octanol–water partition coefficient (Wildman–Crippen LogP) is 1.12. The van der Waals surface area contributed by atoms with Crippen molar-refractivity contribution in [3.63, 3.8) is 0 Å². The fourth-order valence-corrected chi connectivity index (χ4v) is 2.59. The molecular formula is C13H26N2O2. The third kappa shape index (κ3) is 3.96. The minimum atomic E-state index is -0.0496. The highest BCUT2D eigenvalue weighted by Crippen LogP contribution is 2.24. The highest BCUT2D eigenvalue weighted by molar-refractivity contribution is 5.79. The number of aliphatic hydroxyl groups is 1. The van der Waals surface area contributed by atoms with Gasteiger partial charge in [0, 0.05) is 18.6 Å². The molecule has 3 N–H and O–H groups in total. The molecule has 0 saturated heterocycles. The molecule has 1 fully saturated rings. The minimum Gasteiger partial charge on any atom is -0.395 e. The second-order valence-electron chi connectivity index (χ2n) is 5.26. The maximum atomic E-state index is 12.4. The monoisotopic (exact) mass is 242 g/mol. The van der Waals surface area contributed by atoms with Gasteiger partial charge in [-0.15, -0.1) is 0 Å². The first-order valence-electron chi connectivity index (χ1n) is 6.74. The largest absolute Gasteiger partial charge is 0.395 e. The fraction of sp³-hybridized carbons (Fsp3) is 0.923. The average molecular weight is 242 g/mol. The summed E-state index contributed by atoms with van der Waals surface area (Å²) in [5.41, 5.74) is 6.10. The Kier molecular flexibility index (Phi) is 5.92. The average Bonchev–Trinajstić information content (AvgIpc) is 2.49. The SMILES string of the molecule is CC(C)N(CCO)C(=O)C1CCCCCC1N. The number of hydrogen-bond donors (Lipinski definition) is 2. The maximum Gasteiger partial charge on any atom is 0.227 e. The molecule has 1 aliphatic rings. The summed E-state index contributed by atoms with van der Waals surface area (Å²) in [5.74, 6) is 0.0786. The van der Waals surface area contributed by atoms with E-state index in [1.807, 2.05) is 13.8 Å². The van der Waals surface area contributed by atoms with Gasteiger partial charge in [0.2, 0.25) is 5.91 Å². The highest BCUT2D eigenvalue weighted by Gasteiger charge is 2.31. The number of nitrogens with zero attached hydrogens (tertiary/aromatic N) is 1. The number of carbonyl (C=O) groups excluding carboxylic acids is 1. The molecule has 17 heavy (non-hydrogen) atoms. The van der Waals surface area contributed by atoms with Crippen molar-refractivity contribution in [2.75, 3.05) is 13.2 Å². The molecule has 0 heterocycles. The van der Waals surface area contributed by atoms with Gasteiger partial charge in [0.15, 0.2) is 0 Å². The molecule has 2 atom stereocenters. The van der Waals surface area contributed by atoms with Gasteiger partial charge in [-0.05, 0) is 26.7 Å². The Morgan fingerprint density at radius 3 is 2.59 bits per heavy atom. The van der Waals surface area contributed by atoms with Crippen LogP contribution < -0.4 is 5.73 Å². The normalized spacial score (nSPS) is 25.7. The smallest absolute Gasteiger partial charge is 0.227 e. The van der Waals surface area contributed by atoms with E-state index in [9.17, 15) is 4.79 Å². The molecule has 0 aliphatic heterocycles. The van der Waals surface area contributed by atoms with Crippen molar-refractivity contribution in [3.05, 3.63) is 0 Å². The summed E-state index contributed by atoms with van der Waals surface area (Å²) in [6.45, 7) is 4.40. The van der Waals surface area contributed by atoms with E-state index in [-0.39, 0.29) is 30.5 Å². The molecule has 1 rings (SSSR count). The van der Waals surface area contributed by atoms with Gasteiger partial charge >= 0.3 is 0 Å². The maximum absolute atomic E-state index is 12.4. The molecule has 100 valence electrons. The molecule has 4 nitrogen and oxygen atoms in total. The summed E-state index contributed by atoms with van der Waals surface area (Å²) in [4.78, 5) is 14.2. The van der Waals surface area contributed by atoms with Crippen LogP contribution in [0, 0.1) is 5.92 Å². The van der Waals surface area contributed by atoms with E-state index < -0.39 is 0 Å². The summed E-state index contributed by atoms with van der Waals surface area (Å²) in [5, 5.41) is 9.03. The summed E-state index contributed by atoms with van der Waals surface area (Å²) in [6.07, 6.45) is 5.25. The zero-order chi connectivity index (χ0) is 12.8. The zero-order valence-electron chi connectivity index (χ0n) is 11.1. The molecule has 1 saturated carbocycles. The molecular weight excluding hydrogens is 216 g/mol. The standard InChI is InChI=1S/C13H26N2O2/c1-10(2)15(8-9-16)13(17)11-6-4-3-5-7-12(11)14/h10-12,16H,3-9,14H2,1-2H3. The van der Waals surface area contributed by atoms with Crippen molar-refractivity contribution in [1.82, 2.24) is 4.90 Å². The number of rotatable bonds is 4. The Morgan fingerprint density at radius 2 is 2.00 bits per heavy atom. The number of amides is 1. The Hall–Kier alpha value is -0.610. The van der Waals surface area contributed by atoms with Gasteiger partial charge in [0.25, 0.3) is 0 Å². The third-order valence-electron chi connectivity index (χ3n) is 3.63. The van der Waals surface area contributed by atoms with Crippen LogP contribution in [0.15, 0.2) is 0 Å². The highest BCUT2D eigenvalue weighted by atomic mass is 16.3. The lowest BCUT2D eigenvalue weighted by Crippen LogP contribution is -2.47. The Balaban J connectivity index is 2.69. The predicted molar refractivity (Wildman–Crippen MR) is 68.5 cm³/mol. The molecule has 1 amide bonds. The van der Waals surface area contributed by atoms with Crippen molar-refractivity contribution >= 4 is 5.91 Å². The van der Waals surface area contributed by atoms with Crippen LogP contribution in [0.5, 0.6) is 0 Å². The molecule has 0 radical (unpaired) electrons. The van der Waals surface area contributed by atoms with Crippen molar-refractivity contribution in [2.24, 2.45) is 11.7 Å². The van der Waals surface area contributed by atoms with E-state index in [1.54, 1.807) is 4.90 Å². The fourth-order valence-electron chi connectivity index (χ4n) is 2.59. The summed E-state index contributed by atoms with van der Waals surface area (Å²) in [7, 11) is 0. The lowest BCUT2D eigenvalue weighted by Gasteiger charge is -2.32. The van der Waals surface area contributed by atoms with E-state index in [0.29, 0.717) is 6.54 Å². The van der Waals surface area contributed by atoms with Crippen LogP contribution in [0.3, 0.4) is 0 Å². The first-order chi connectivity index (χ1) is 8.07. The molecule has 0 aromatic carbocycles. The topological polar surface area (TPSA) is 66.6 Å². The molecule has 0 bridgehead atoms. The van der Waals surface area contributed by atoms with Crippen LogP contribution in [0.25, 0.3) is 0 Å². The minimum absolute atomic E-state index is 0.00931. The van der Waals surface area contributed by atoms with Gasteiger partial charge in [0.05, 0.1) is 12.5 Å². The summed E-state index contributed by atoms with van der Waals surface area (Å²) >= 11 is 0. The van der Waals surface area contributed by atoms with Crippen LogP contribution in [0.4, 0.5) is 0 Å². The first-order valence-corrected chi connectivity index (χ1v) is 6.74. The molecule has 2 unspecified atom stereocenters. The van der Waals surface area contributed by atoms with E-state index in [0.717, 1.165) is 25.7 Å². The Labute approximate surface area is 104 Å². The van der Waals surface area contributed by atoms with E-state index in [2.05, 4.69) is 0 Å². The van der Waals surface area contributed by atoms with Crippen molar-refractivity contribution in [1.29, 1.82) is 0 Å². The summed E-state index contributed by atoms with van der Waals surface area (Å²) < 4.78 is 0. The van der Waals surface area contributed by atoms with Crippen LogP contribution >= 0.6 is 0 Å². The van der Waals surface area contributed by atoms with Gasteiger partial charge in [-0.3, -0.25) is 4.79 Å². The van der Waals surface area contributed by atoms with Crippen LogP contribution in [0.1, 0.15) is 46.0 Å². The Bertz CT molecular complexity index is 244. The van der Waals surface area contributed by atoms with Gasteiger partial charge in [0.1, 0.15) is 0 Å². The van der Waals surface area contributed by atoms with Gasteiger partial charge in [-0.2, -0.15) is 0 Å². The lowest BCUT2D eigenvalue weighted by atomic mass is 9.93. The quantitative estimate of drug-likeness (QED) is 0.726. The second kappa shape index (κ2) is 6.97. The van der Waals surface area contributed by atoms with Gasteiger partial charge < -0.3 is 15.7 Å². The number of carbonyl (C=O) groups is 1. The Morgan fingerprint density at radius 1 is 1.35 bits per heavy atom. The third-order valence-corrected chi connectivity index (χ3v) is 3.63. The number of aliphatic hydroxyl groups excluding tert-OH is 1. The summed E-state index contributed by atoms with van der Waals surface area (Å²) in [6, 6.07) is 0.120. The molecule has 0 spiro atoms. The van der Waals surface area contributed by atoms with Crippen molar-refractivity contribution < 1.29 is 9.90 Å².